The highest BCUT2D eigenvalue weighted by Crippen LogP contribution is 2.37. The van der Waals surface area contributed by atoms with Crippen LogP contribution in [0.3, 0.4) is 0 Å². The van der Waals surface area contributed by atoms with Gasteiger partial charge in [0.05, 0.1) is 6.26 Å². The molecule has 0 amide bonds. The number of carbonyl (C=O) groups excluding carboxylic acids is 1. The lowest BCUT2D eigenvalue weighted by Gasteiger charge is -2.15. The van der Waals surface area contributed by atoms with Gasteiger partial charge >= 0.3 is 0 Å². The lowest BCUT2D eigenvalue weighted by molar-refractivity contribution is 0.0989. The molecule has 0 unspecified atom stereocenters. The molecular formula is C21H17N3O2S. The molecule has 2 heterocycles. The van der Waals surface area contributed by atoms with Gasteiger partial charge in [-0.3, -0.25) is 4.79 Å². The molecule has 0 bridgehead atoms. The minimum absolute atomic E-state index is 0.0364. The van der Waals surface area contributed by atoms with E-state index in [2.05, 4.69) is 10.2 Å². The zero-order valence-corrected chi connectivity index (χ0v) is 15.5. The quantitative estimate of drug-likeness (QED) is 0.358. The topological polar surface area (TPSA) is 60.9 Å². The fourth-order valence-electron chi connectivity index (χ4n) is 2.80. The Hall–Kier alpha value is -3.12. The number of aromatic nitrogens is 3. The van der Waals surface area contributed by atoms with Crippen molar-refractivity contribution in [2.45, 2.75) is 10.4 Å². The molecule has 134 valence electrons. The normalized spacial score (nSPS) is 12.0. The minimum Gasteiger partial charge on any atom is -0.461 e. The van der Waals surface area contributed by atoms with Crippen LogP contribution in [0.2, 0.25) is 0 Å². The number of rotatable bonds is 6. The highest BCUT2D eigenvalue weighted by Gasteiger charge is 2.26. The Morgan fingerprint density at radius 2 is 1.67 bits per heavy atom. The molecule has 4 rings (SSSR count). The number of hydrogen-bond donors (Lipinski definition) is 0. The highest BCUT2D eigenvalue weighted by molar-refractivity contribution is 8.00. The molecular weight excluding hydrogens is 358 g/mol. The summed E-state index contributed by atoms with van der Waals surface area (Å²) in [5.74, 6) is 1.30. The van der Waals surface area contributed by atoms with Crippen LogP contribution >= 0.6 is 11.8 Å². The number of carbonyl (C=O) groups is 1. The lowest BCUT2D eigenvalue weighted by atomic mass is 10.0. The van der Waals surface area contributed by atoms with Gasteiger partial charge in [-0.15, -0.1) is 10.2 Å². The van der Waals surface area contributed by atoms with E-state index >= 15 is 0 Å². The minimum atomic E-state index is -0.416. The maximum atomic E-state index is 13.2. The number of nitrogens with zero attached hydrogens (tertiary/aromatic N) is 3. The van der Waals surface area contributed by atoms with Crippen molar-refractivity contribution >= 4 is 17.5 Å². The fourth-order valence-corrected chi connectivity index (χ4v) is 3.88. The maximum absolute atomic E-state index is 13.2. The van der Waals surface area contributed by atoms with Crippen molar-refractivity contribution < 1.29 is 9.21 Å². The number of benzene rings is 2. The monoisotopic (exact) mass is 375 g/mol. The summed E-state index contributed by atoms with van der Waals surface area (Å²) in [7, 11) is 1.87. The van der Waals surface area contributed by atoms with Crippen LogP contribution in [0.15, 0.2) is 88.6 Å². The van der Waals surface area contributed by atoms with E-state index in [1.54, 1.807) is 6.26 Å². The van der Waals surface area contributed by atoms with Crippen LogP contribution < -0.4 is 0 Å². The summed E-state index contributed by atoms with van der Waals surface area (Å²) in [5.41, 5.74) is 1.60. The molecule has 0 fully saturated rings. The summed E-state index contributed by atoms with van der Waals surface area (Å²) < 4.78 is 7.27. The SMILES string of the molecule is Cn1c(S[C@H](C(=O)c2ccccc2)c2ccccc2)nnc1-c1ccco1. The molecule has 5 nitrogen and oxygen atoms in total. The largest absolute Gasteiger partial charge is 0.461 e. The summed E-state index contributed by atoms with van der Waals surface area (Å²) >= 11 is 1.39. The second-order valence-electron chi connectivity index (χ2n) is 5.98. The summed E-state index contributed by atoms with van der Waals surface area (Å²) in [6, 6.07) is 22.7. The first-order valence-corrected chi connectivity index (χ1v) is 9.36. The Morgan fingerprint density at radius 1 is 0.963 bits per heavy atom. The van der Waals surface area contributed by atoms with E-state index in [0.717, 1.165) is 5.56 Å². The predicted octanol–water partition coefficient (Wildman–Crippen LogP) is 4.79. The van der Waals surface area contributed by atoms with Crippen molar-refractivity contribution in [1.29, 1.82) is 0 Å². The van der Waals surface area contributed by atoms with Gasteiger partial charge in [0.25, 0.3) is 0 Å². The molecule has 4 aromatic rings. The predicted molar refractivity (Wildman–Crippen MR) is 105 cm³/mol. The van der Waals surface area contributed by atoms with E-state index in [1.165, 1.54) is 11.8 Å². The molecule has 27 heavy (non-hydrogen) atoms. The van der Waals surface area contributed by atoms with Crippen molar-refractivity contribution in [3.05, 3.63) is 90.2 Å². The third kappa shape index (κ3) is 3.57. The summed E-state index contributed by atoms with van der Waals surface area (Å²) in [6.07, 6.45) is 1.60. The average molecular weight is 375 g/mol. The van der Waals surface area contributed by atoms with Gasteiger partial charge in [0, 0.05) is 12.6 Å². The number of furan rings is 1. The highest BCUT2D eigenvalue weighted by atomic mass is 32.2. The molecule has 0 saturated heterocycles. The first kappa shape index (κ1) is 17.3. The first-order chi connectivity index (χ1) is 13.2. The van der Waals surface area contributed by atoms with E-state index < -0.39 is 5.25 Å². The Kier molecular flexibility index (Phi) is 4.89. The van der Waals surface area contributed by atoms with Crippen molar-refractivity contribution in [3.8, 4) is 11.6 Å². The van der Waals surface area contributed by atoms with Gasteiger partial charge in [-0.25, -0.2) is 0 Å². The van der Waals surface area contributed by atoms with Gasteiger partial charge in [-0.05, 0) is 17.7 Å². The summed E-state index contributed by atoms with van der Waals surface area (Å²) in [4.78, 5) is 13.2. The molecule has 0 aliphatic carbocycles. The van der Waals surface area contributed by atoms with Crippen LogP contribution in [-0.4, -0.2) is 20.5 Å². The molecule has 0 N–H and O–H groups in total. The second-order valence-corrected chi connectivity index (χ2v) is 7.05. The number of ketones is 1. The number of Topliss-reactive ketones (excluding diaryl/α,β-unsaturated/α-hetero) is 1. The van der Waals surface area contributed by atoms with Gasteiger partial charge < -0.3 is 8.98 Å². The van der Waals surface area contributed by atoms with Crippen LogP contribution in [-0.2, 0) is 7.05 Å². The molecule has 2 aromatic carbocycles. The summed E-state index contributed by atoms with van der Waals surface area (Å²) in [5, 5.41) is 8.74. The van der Waals surface area contributed by atoms with E-state index in [9.17, 15) is 4.79 Å². The first-order valence-electron chi connectivity index (χ1n) is 8.48. The summed E-state index contributed by atoms with van der Waals surface area (Å²) in [6.45, 7) is 0. The van der Waals surface area contributed by atoms with Crippen molar-refractivity contribution in [1.82, 2.24) is 14.8 Å². The Labute approximate surface area is 161 Å². The molecule has 0 radical (unpaired) electrons. The van der Waals surface area contributed by atoms with Crippen molar-refractivity contribution in [2.24, 2.45) is 7.05 Å². The number of thioether (sulfide) groups is 1. The molecule has 1 atom stereocenters. The fraction of sp³-hybridized carbons (Fsp3) is 0.0952. The van der Waals surface area contributed by atoms with E-state index in [0.29, 0.717) is 22.3 Å². The van der Waals surface area contributed by atoms with Crippen molar-refractivity contribution in [2.75, 3.05) is 0 Å². The van der Waals surface area contributed by atoms with Crippen molar-refractivity contribution in [3.63, 3.8) is 0 Å². The Morgan fingerprint density at radius 3 is 2.33 bits per heavy atom. The third-order valence-corrected chi connectivity index (χ3v) is 5.49. The Bertz CT molecular complexity index is 1030. The Balaban J connectivity index is 1.69. The molecule has 2 aromatic heterocycles. The smallest absolute Gasteiger partial charge is 0.200 e. The zero-order chi connectivity index (χ0) is 18.6. The van der Waals surface area contributed by atoms with E-state index in [4.69, 9.17) is 4.42 Å². The second kappa shape index (κ2) is 7.63. The lowest BCUT2D eigenvalue weighted by Crippen LogP contribution is -2.11. The zero-order valence-electron chi connectivity index (χ0n) is 14.6. The molecule has 0 spiro atoms. The maximum Gasteiger partial charge on any atom is 0.200 e. The van der Waals surface area contributed by atoms with Crippen LogP contribution in [0, 0.1) is 0 Å². The van der Waals surface area contributed by atoms with Crippen LogP contribution in [0.5, 0.6) is 0 Å². The van der Waals surface area contributed by atoms with Crippen LogP contribution in [0.25, 0.3) is 11.6 Å². The number of hydrogen-bond acceptors (Lipinski definition) is 5. The average Bonchev–Trinajstić information content (AvgIpc) is 3.37. The van der Waals surface area contributed by atoms with Gasteiger partial charge in [0.1, 0.15) is 5.25 Å². The van der Waals surface area contributed by atoms with Gasteiger partial charge in [-0.2, -0.15) is 0 Å². The molecule has 6 heteroatoms. The van der Waals surface area contributed by atoms with Crippen LogP contribution in [0.4, 0.5) is 0 Å². The van der Waals surface area contributed by atoms with Gasteiger partial charge in [-0.1, -0.05) is 72.4 Å². The van der Waals surface area contributed by atoms with Gasteiger partial charge in [0.2, 0.25) is 0 Å². The van der Waals surface area contributed by atoms with E-state index in [1.807, 2.05) is 84.4 Å². The molecule has 0 aliphatic rings. The van der Waals surface area contributed by atoms with Crippen LogP contribution in [0.1, 0.15) is 21.2 Å². The third-order valence-electron chi connectivity index (χ3n) is 4.20. The molecule has 0 saturated carbocycles. The van der Waals surface area contributed by atoms with E-state index in [-0.39, 0.29) is 5.78 Å². The molecule has 0 aliphatic heterocycles. The van der Waals surface area contributed by atoms with Gasteiger partial charge in [0.15, 0.2) is 22.5 Å². The standard InChI is InChI=1S/C21H17N3O2S/c1-24-20(17-13-8-14-26-17)22-23-21(24)27-19(16-11-6-3-7-12-16)18(25)15-9-4-2-5-10-15/h2-14,19H,1H3/t19-/m0/s1.